The number of fused-ring (bicyclic) bond motifs is 1. The SMILES string of the molecule is CS(=O)(=O)c1cccc(-n2ccc(NC(=O)N[C@H]3CCOc4ccccc43)n2)c1. The first kappa shape index (κ1) is 19.0. The summed E-state index contributed by atoms with van der Waals surface area (Å²) in [5.41, 5.74) is 1.52. The van der Waals surface area contributed by atoms with E-state index in [1.807, 2.05) is 24.3 Å². The first-order valence-corrected chi connectivity index (χ1v) is 10.9. The van der Waals surface area contributed by atoms with Crippen LogP contribution >= 0.6 is 0 Å². The lowest BCUT2D eigenvalue weighted by Crippen LogP contribution is -2.35. The van der Waals surface area contributed by atoms with Crippen LogP contribution in [0.5, 0.6) is 5.75 Å². The Kier molecular flexibility index (Phi) is 4.98. The molecule has 0 radical (unpaired) electrons. The van der Waals surface area contributed by atoms with Crippen molar-refractivity contribution in [3.8, 4) is 11.4 Å². The van der Waals surface area contributed by atoms with Crippen molar-refractivity contribution >= 4 is 21.7 Å². The van der Waals surface area contributed by atoms with E-state index in [2.05, 4.69) is 15.7 Å². The molecule has 29 heavy (non-hydrogen) atoms. The number of hydrogen-bond acceptors (Lipinski definition) is 5. The number of rotatable bonds is 4. The van der Waals surface area contributed by atoms with E-state index in [0.29, 0.717) is 24.5 Å². The van der Waals surface area contributed by atoms with Crippen LogP contribution in [0.4, 0.5) is 10.6 Å². The molecule has 1 aliphatic heterocycles. The highest BCUT2D eigenvalue weighted by Gasteiger charge is 2.22. The fourth-order valence-electron chi connectivity index (χ4n) is 3.19. The number of carbonyl (C=O) groups excluding carboxylic acids is 1. The highest BCUT2D eigenvalue weighted by molar-refractivity contribution is 7.90. The number of aromatic nitrogens is 2. The summed E-state index contributed by atoms with van der Waals surface area (Å²) in [6.45, 7) is 0.535. The third-order valence-corrected chi connectivity index (χ3v) is 5.72. The maximum absolute atomic E-state index is 12.4. The molecule has 0 fully saturated rings. The Balaban J connectivity index is 1.46. The van der Waals surface area contributed by atoms with Gasteiger partial charge in [-0.2, -0.15) is 0 Å². The molecule has 0 spiro atoms. The number of nitrogens with zero attached hydrogens (tertiary/aromatic N) is 2. The van der Waals surface area contributed by atoms with Crippen LogP contribution in [0, 0.1) is 0 Å². The van der Waals surface area contributed by atoms with Gasteiger partial charge in [0, 0.05) is 30.5 Å². The largest absolute Gasteiger partial charge is 0.493 e. The zero-order valence-corrected chi connectivity index (χ0v) is 16.5. The van der Waals surface area contributed by atoms with Gasteiger partial charge < -0.3 is 10.1 Å². The molecular weight excluding hydrogens is 392 g/mol. The second-order valence-corrected chi connectivity index (χ2v) is 8.76. The van der Waals surface area contributed by atoms with E-state index < -0.39 is 9.84 Å². The number of urea groups is 1. The molecule has 8 nitrogen and oxygen atoms in total. The van der Waals surface area contributed by atoms with E-state index in [-0.39, 0.29) is 17.0 Å². The quantitative estimate of drug-likeness (QED) is 0.686. The predicted octanol–water partition coefficient (Wildman–Crippen LogP) is 2.92. The average Bonchev–Trinajstić information content (AvgIpc) is 3.16. The minimum Gasteiger partial charge on any atom is -0.493 e. The lowest BCUT2D eigenvalue weighted by Gasteiger charge is -2.26. The topological polar surface area (TPSA) is 102 Å². The number of hydrogen-bond donors (Lipinski definition) is 2. The van der Waals surface area contributed by atoms with Gasteiger partial charge in [0.25, 0.3) is 0 Å². The Morgan fingerprint density at radius 1 is 1.17 bits per heavy atom. The van der Waals surface area contributed by atoms with Gasteiger partial charge in [0.05, 0.1) is 23.2 Å². The van der Waals surface area contributed by atoms with E-state index >= 15 is 0 Å². The number of nitrogens with one attached hydrogen (secondary N) is 2. The minimum absolute atomic E-state index is 0.145. The molecule has 4 rings (SSSR count). The van der Waals surface area contributed by atoms with Crippen LogP contribution in [0.3, 0.4) is 0 Å². The van der Waals surface area contributed by atoms with E-state index in [0.717, 1.165) is 17.6 Å². The van der Waals surface area contributed by atoms with Gasteiger partial charge in [-0.05, 0) is 24.3 Å². The standard InChI is InChI=1S/C20H20N4O4S/c1-29(26,27)15-6-4-5-14(13-15)24-11-9-19(23-24)22-20(25)21-17-10-12-28-18-8-3-2-7-16(17)18/h2-9,11,13,17H,10,12H2,1H3,(H2,21,22,23,25)/t17-/m0/s1. The zero-order chi connectivity index (χ0) is 20.4. The van der Waals surface area contributed by atoms with Crippen LogP contribution in [0.15, 0.2) is 65.7 Å². The van der Waals surface area contributed by atoms with Crippen LogP contribution in [0.1, 0.15) is 18.0 Å². The molecule has 1 aliphatic rings. The average molecular weight is 412 g/mol. The molecule has 2 heterocycles. The van der Waals surface area contributed by atoms with Crippen molar-refractivity contribution < 1.29 is 17.9 Å². The molecule has 0 unspecified atom stereocenters. The van der Waals surface area contributed by atoms with E-state index in [4.69, 9.17) is 4.74 Å². The summed E-state index contributed by atoms with van der Waals surface area (Å²) in [6, 6.07) is 15.2. The molecule has 0 aliphatic carbocycles. The molecule has 2 aromatic carbocycles. The van der Waals surface area contributed by atoms with Gasteiger partial charge in [0.2, 0.25) is 0 Å². The number of amides is 2. The number of carbonyl (C=O) groups is 1. The number of benzene rings is 2. The molecule has 150 valence electrons. The zero-order valence-electron chi connectivity index (χ0n) is 15.7. The smallest absolute Gasteiger partial charge is 0.320 e. The Hall–Kier alpha value is -3.33. The minimum atomic E-state index is -3.32. The first-order valence-electron chi connectivity index (χ1n) is 9.05. The van der Waals surface area contributed by atoms with Crippen LogP contribution in [0.25, 0.3) is 5.69 Å². The second-order valence-electron chi connectivity index (χ2n) is 6.74. The molecule has 0 bridgehead atoms. The van der Waals surface area contributed by atoms with Crippen molar-refractivity contribution in [2.24, 2.45) is 0 Å². The monoisotopic (exact) mass is 412 g/mol. The number of para-hydroxylation sites is 1. The van der Waals surface area contributed by atoms with Gasteiger partial charge in [-0.15, -0.1) is 5.10 Å². The number of sulfone groups is 1. The van der Waals surface area contributed by atoms with Crippen molar-refractivity contribution in [1.29, 1.82) is 0 Å². The maximum atomic E-state index is 12.4. The Morgan fingerprint density at radius 2 is 2.00 bits per heavy atom. The summed E-state index contributed by atoms with van der Waals surface area (Å²) < 4.78 is 30.6. The third-order valence-electron chi connectivity index (χ3n) is 4.60. The molecule has 1 atom stereocenters. The van der Waals surface area contributed by atoms with Crippen LogP contribution in [0.2, 0.25) is 0 Å². The Labute approximate surface area is 168 Å². The summed E-state index contributed by atoms with van der Waals surface area (Å²) in [4.78, 5) is 12.6. The van der Waals surface area contributed by atoms with Gasteiger partial charge in [0.15, 0.2) is 15.7 Å². The van der Waals surface area contributed by atoms with Crippen molar-refractivity contribution in [3.63, 3.8) is 0 Å². The summed E-state index contributed by atoms with van der Waals surface area (Å²) in [6.07, 6.45) is 3.49. The van der Waals surface area contributed by atoms with E-state index in [9.17, 15) is 13.2 Å². The lowest BCUT2D eigenvalue weighted by atomic mass is 10.0. The number of anilines is 1. The molecule has 0 saturated carbocycles. The van der Waals surface area contributed by atoms with Gasteiger partial charge in [-0.1, -0.05) is 24.3 Å². The van der Waals surface area contributed by atoms with Crippen LogP contribution in [-0.4, -0.2) is 37.1 Å². The fraction of sp³-hybridized carbons (Fsp3) is 0.200. The second kappa shape index (κ2) is 7.59. The normalized spacial score (nSPS) is 15.8. The molecule has 0 saturated heterocycles. The van der Waals surface area contributed by atoms with Gasteiger partial charge in [-0.25, -0.2) is 17.9 Å². The summed E-state index contributed by atoms with van der Waals surface area (Å²) in [5.74, 6) is 1.13. The van der Waals surface area contributed by atoms with Crippen molar-refractivity contribution in [1.82, 2.24) is 15.1 Å². The van der Waals surface area contributed by atoms with Gasteiger partial charge >= 0.3 is 6.03 Å². The highest BCUT2D eigenvalue weighted by Crippen LogP contribution is 2.31. The number of ether oxygens (including phenoxy) is 1. The molecule has 2 amide bonds. The van der Waals surface area contributed by atoms with Crippen LogP contribution < -0.4 is 15.4 Å². The molecular formula is C20H20N4O4S. The molecule has 3 aromatic rings. The van der Waals surface area contributed by atoms with Gasteiger partial charge in [0.1, 0.15) is 5.75 Å². The van der Waals surface area contributed by atoms with E-state index in [1.54, 1.807) is 24.4 Å². The molecule has 1 aromatic heterocycles. The summed E-state index contributed by atoms with van der Waals surface area (Å²) >= 11 is 0. The fourth-order valence-corrected chi connectivity index (χ4v) is 3.85. The van der Waals surface area contributed by atoms with Crippen molar-refractivity contribution in [3.05, 3.63) is 66.4 Å². The molecule has 9 heteroatoms. The predicted molar refractivity (Wildman–Crippen MR) is 108 cm³/mol. The maximum Gasteiger partial charge on any atom is 0.320 e. The first-order chi connectivity index (χ1) is 13.9. The van der Waals surface area contributed by atoms with Gasteiger partial charge in [-0.3, -0.25) is 5.32 Å². The van der Waals surface area contributed by atoms with Crippen molar-refractivity contribution in [2.45, 2.75) is 17.4 Å². The lowest BCUT2D eigenvalue weighted by molar-refractivity contribution is 0.232. The van der Waals surface area contributed by atoms with E-state index in [1.165, 1.54) is 16.8 Å². The molecule has 2 N–H and O–H groups in total. The third kappa shape index (κ3) is 4.24. The summed E-state index contributed by atoms with van der Waals surface area (Å²) in [7, 11) is -3.32. The Morgan fingerprint density at radius 3 is 2.83 bits per heavy atom. The summed E-state index contributed by atoms with van der Waals surface area (Å²) in [5, 5.41) is 9.96. The van der Waals surface area contributed by atoms with Crippen molar-refractivity contribution in [2.75, 3.05) is 18.2 Å². The highest BCUT2D eigenvalue weighted by atomic mass is 32.2. The van der Waals surface area contributed by atoms with Crippen LogP contribution in [-0.2, 0) is 9.84 Å². The Bertz CT molecular complexity index is 1160.